The van der Waals surface area contributed by atoms with Crippen LogP contribution in [0.15, 0.2) is 42.5 Å². The van der Waals surface area contributed by atoms with Crippen molar-refractivity contribution >= 4 is 34.8 Å². The van der Waals surface area contributed by atoms with Crippen LogP contribution in [0.4, 0.5) is 5.69 Å². The lowest BCUT2D eigenvalue weighted by molar-refractivity contribution is -0.118. The number of nitrogens with one attached hydrogen (secondary N) is 1. The van der Waals surface area contributed by atoms with Crippen LogP contribution in [0.5, 0.6) is 5.75 Å². The molecule has 1 amide bonds. The number of anilines is 1. The molecule has 0 radical (unpaired) electrons. The Morgan fingerprint density at radius 2 is 2.07 bits per heavy atom. The molecule has 0 atom stereocenters. The quantitative estimate of drug-likeness (QED) is 0.672. The largest absolute Gasteiger partial charge is 0.482 e. The molecule has 9 heteroatoms. The third-order valence-corrected chi connectivity index (χ3v) is 4.57. The Balaban J connectivity index is 1.42. The molecule has 7 nitrogen and oxygen atoms in total. The van der Waals surface area contributed by atoms with Gasteiger partial charge in [0.15, 0.2) is 12.4 Å². The summed E-state index contributed by atoms with van der Waals surface area (Å²) in [6.45, 7) is -0.175. The van der Waals surface area contributed by atoms with Gasteiger partial charge in [0.2, 0.25) is 0 Å². The van der Waals surface area contributed by atoms with Gasteiger partial charge >= 0.3 is 0 Å². The van der Waals surface area contributed by atoms with Crippen molar-refractivity contribution in [2.24, 2.45) is 0 Å². The number of carbonyl (C=O) groups excluding carboxylic acids is 1. The number of hydrogen-bond donors (Lipinski definition) is 1. The number of amides is 1. The Morgan fingerprint density at radius 3 is 2.85 bits per heavy atom. The minimum atomic E-state index is -0.306. The van der Waals surface area contributed by atoms with E-state index >= 15 is 0 Å². The molecule has 2 aromatic carbocycles. The number of tetrazole rings is 1. The zero-order valence-corrected chi connectivity index (χ0v) is 15.6. The van der Waals surface area contributed by atoms with Crippen LogP contribution in [0.1, 0.15) is 18.9 Å². The van der Waals surface area contributed by atoms with E-state index in [1.165, 1.54) is 0 Å². The van der Waals surface area contributed by atoms with Crippen molar-refractivity contribution in [2.75, 3.05) is 11.9 Å². The second-order valence-corrected chi connectivity index (χ2v) is 7.01. The molecule has 3 aromatic rings. The average Bonchev–Trinajstić information content (AvgIpc) is 3.37. The lowest BCUT2D eigenvalue weighted by Crippen LogP contribution is -2.20. The Hall–Kier alpha value is -2.64. The standard InChI is InChI=1S/C18H15Cl2N5O2/c19-12-4-7-16(15(20)9-12)27-10-17(26)21-13-3-1-2-11(8-13)18-22-23-24-25(18)14-5-6-14/h1-4,7-9,14H,5-6,10H2,(H,21,26). The van der Waals surface area contributed by atoms with Crippen molar-refractivity contribution in [1.82, 2.24) is 20.2 Å². The summed E-state index contributed by atoms with van der Waals surface area (Å²) in [6, 6.07) is 12.6. The van der Waals surface area contributed by atoms with Crippen molar-refractivity contribution in [2.45, 2.75) is 18.9 Å². The van der Waals surface area contributed by atoms with Gasteiger partial charge in [0.05, 0.1) is 11.1 Å². The Morgan fingerprint density at radius 1 is 1.22 bits per heavy atom. The first-order valence-corrected chi connectivity index (χ1v) is 9.12. The van der Waals surface area contributed by atoms with E-state index in [1.54, 1.807) is 24.3 Å². The summed E-state index contributed by atoms with van der Waals surface area (Å²) in [5.41, 5.74) is 1.47. The predicted octanol–water partition coefficient (Wildman–Crippen LogP) is 4.00. The summed E-state index contributed by atoms with van der Waals surface area (Å²) in [5.74, 6) is 0.784. The highest BCUT2D eigenvalue weighted by Gasteiger charge is 2.28. The minimum Gasteiger partial charge on any atom is -0.482 e. The molecule has 1 aliphatic rings. The lowest BCUT2D eigenvalue weighted by Gasteiger charge is -2.10. The highest BCUT2D eigenvalue weighted by molar-refractivity contribution is 6.35. The van der Waals surface area contributed by atoms with Gasteiger partial charge in [-0.25, -0.2) is 4.68 Å². The van der Waals surface area contributed by atoms with Gasteiger partial charge < -0.3 is 10.1 Å². The van der Waals surface area contributed by atoms with Gasteiger partial charge in [-0.2, -0.15) is 0 Å². The zero-order valence-electron chi connectivity index (χ0n) is 14.1. The monoisotopic (exact) mass is 403 g/mol. The van der Waals surface area contributed by atoms with E-state index in [2.05, 4.69) is 20.8 Å². The number of nitrogens with zero attached hydrogens (tertiary/aromatic N) is 4. The van der Waals surface area contributed by atoms with Gasteiger partial charge in [0, 0.05) is 16.3 Å². The van der Waals surface area contributed by atoms with E-state index in [0.717, 1.165) is 18.4 Å². The van der Waals surface area contributed by atoms with Gasteiger partial charge in [-0.15, -0.1) is 5.10 Å². The zero-order chi connectivity index (χ0) is 18.8. The number of aromatic nitrogens is 4. The van der Waals surface area contributed by atoms with Crippen molar-refractivity contribution in [3.63, 3.8) is 0 Å². The third kappa shape index (κ3) is 4.20. The van der Waals surface area contributed by atoms with Gasteiger partial charge in [-0.3, -0.25) is 4.79 Å². The van der Waals surface area contributed by atoms with Crippen molar-refractivity contribution < 1.29 is 9.53 Å². The Kier molecular flexibility index (Phi) is 4.96. The Bertz CT molecular complexity index is 987. The first kappa shape index (κ1) is 17.8. The number of hydrogen-bond acceptors (Lipinski definition) is 5. The molecule has 1 aliphatic carbocycles. The molecule has 4 rings (SSSR count). The highest BCUT2D eigenvalue weighted by Crippen LogP contribution is 2.36. The maximum absolute atomic E-state index is 12.2. The lowest BCUT2D eigenvalue weighted by atomic mass is 10.2. The van der Waals surface area contributed by atoms with Crippen LogP contribution in [-0.4, -0.2) is 32.7 Å². The van der Waals surface area contributed by atoms with Crippen LogP contribution < -0.4 is 10.1 Å². The molecule has 0 spiro atoms. The molecule has 1 N–H and O–H groups in total. The second kappa shape index (κ2) is 7.54. The number of ether oxygens (including phenoxy) is 1. The van der Waals surface area contributed by atoms with Gasteiger partial charge in [-0.1, -0.05) is 35.3 Å². The van der Waals surface area contributed by atoms with Gasteiger partial charge in [-0.05, 0) is 53.6 Å². The molecular weight excluding hydrogens is 389 g/mol. The molecule has 1 saturated carbocycles. The molecular formula is C18H15Cl2N5O2. The van der Waals surface area contributed by atoms with Crippen molar-refractivity contribution in [1.29, 1.82) is 0 Å². The molecule has 0 saturated heterocycles. The van der Waals surface area contributed by atoms with Crippen LogP contribution in [0.3, 0.4) is 0 Å². The molecule has 27 heavy (non-hydrogen) atoms. The van der Waals surface area contributed by atoms with Crippen molar-refractivity contribution in [3.8, 4) is 17.1 Å². The molecule has 0 aliphatic heterocycles. The van der Waals surface area contributed by atoms with Crippen LogP contribution in [0.25, 0.3) is 11.4 Å². The summed E-state index contributed by atoms with van der Waals surface area (Å²) in [6.07, 6.45) is 2.16. The summed E-state index contributed by atoms with van der Waals surface area (Å²) in [5, 5.41) is 15.6. The Labute approximate surface area is 165 Å². The van der Waals surface area contributed by atoms with E-state index in [9.17, 15) is 4.79 Å². The van der Waals surface area contributed by atoms with Gasteiger partial charge in [0.1, 0.15) is 5.75 Å². The van der Waals surface area contributed by atoms with Crippen LogP contribution in [0.2, 0.25) is 10.0 Å². The summed E-state index contributed by atoms with van der Waals surface area (Å²) < 4.78 is 7.27. The molecule has 1 aromatic heterocycles. The van der Waals surface area contributed by atoms with Crippen molar-refractivity contribution in [3.05, 3.63) is 52.5 Å². The fourth-order valence-electron chi connectivity index (χ4n) is 2.62. The second-order valence-electron chi connectivity index (χ2n) is 6.17. The van der Waals surface area contributed by atoms with Gasteiger partial charge in [0.25, 0.3) is 5.91 Å². The third-order valence-electron chi connectivity index (χ3n) is 4.04. The fourth-order valence-corrected chi connectivity index (χ4v) is 3.08. The van der Waals surface area contributed by atoms with E-state index in [4.69, 9.17) is 27.9 Å². The first-order valence-electron chi connectivity index (χ1n) is 8.36. The van der Waals surface area contributed by atoms with E-state index in [1.807, 2.05) is 22.9 Å². The van der Waals surface area contributed by atoms with E-state index < -0.39 is 0 Å². The maximum Gasteiger partial charge on any atom is 0.262 e. The molecule has 0 unspecified atom stereocenters. The number of benzene rings is 2. The van der Waals surface area contributed by atoms with Crippen LogP contribution in [-0.2, 0) is 4.79 Å². The summed E-state index contributed by atoms with van der Waals surface area (Å²) in [7, 11) is 0. The molecule has 0 bridgehead atoms. The topological polar surface area (TPSA) is 81.9 Å². The predicted molar refractivity (Wildman–Crippen MR) is 102 cm³/mol. The van der Waals surface area contributed by atoms with Crippen LogP contribution in [0, 0.1) is 0 Å². The smallest absolute Gasteiger partial charge is 0.262 e. The summed E-state index contributed by atoms with van der Waals surface area (Å²) in [4.78, 5) is 12.2. The van der Waals surface area contributed by atoms with E-state index in [-0.39, 0.29) is 12.5 Å². The normalized spacial score (nSPS) is 13.4. The number of carbonyl (C=O) groups is 1. The fraction of sp³-hybridized carbons (Fsp3) is 0.222. The van der Waals surface area contributed by atoms with E-state index in [0.29, 0.717) is 33.3 Å². The highest BCUT2D eigenvalue weighted by atomic mass is 35.5. The molecule has 138 valence electrons. The summed E-state index contributed by atoms with van der Waals surface area (Å²) >= 11 is 11.9. The first-order chi connectivity index (χ1) is 13.1. The maximum atomic E-state index is 12.2. The minimum absolute atomic E-state index is 0.175. The number of rotatable bonds is 6. The van der Waals surface area contributed by atoms with Crippen LogP contribution >= 0.6 is 23.2 Å². The SMILES string of the molecule is O=C(COc1ccc(Cl)cc1Cl)Nc1cccc(-c2nnnn2C2CC2)c1. The molecule has 1 fully saturated rings. The average molecular weight is 404 g/mol. The number of halogens is 2. The molecule has 1 heterocycles.